The smallest absolute Gasteiger partial charge is 0.259 e. The van der Waals surface area contributed by atoms with Crippen LogP contribution in [-0.4, -0.2) is 28.0 Å². The number of amides is 1. The number of ether oxygens (including phenoxy) is 1. The van der Waals surface area contributed by atoms with Crippen LogP contribution in [0.15, 0.2) is 60.1 Å². The number of hydrogen-bond acceptors (Lipinski definition) is 6. The predicted octanol–water partition coefficient (Wildman–Crippen LogP) is 5.14. The molecule has 0 spiro atoms. The van der Waals surface area contributed by atoms with Crippen LogP contribution in [0.25, 0.3) is 22.6 Å². The zero-order valence-electron chi connectivity index (χ0n) is 16.8. The highest BCUT2D eigenvalue weighted by molar-refractivity contribution is 7.14. The molecule has 0 radical (unpaired) electrons. The molecule has 0 saturated heterocycles. The van der Waals surface area contributed by atoms with Crippen molar-refractivity contribution < 1.29 is 9.53 Å². The molecule has 1 aromatic carbocycles. The van der Waals surface area contributed by atoms with Gasteiger partial charge in [-0.1, -0.05) is 18.2 Å². The number of benzene rings is 1. The summed E-state index contributed by atoms with van der Waals surface area (Å²) in [5, 5.41) is 5.28. The van der Waals surface area contributed by atoms with Crippen molar-refractivity contribution in [2.75, 3.05) is 12.4 Å². The Balaban J connectivity index is 1.59. The third kappa shape index (κ3) is 4.06. The van der Waals surface area contributed by atoms with E-state index in [1.165, 1.54) is 11.3 Å². The number of hydrogen-bond donors (Lipinski definition) is 1. The molecule has 0 aliphatic rings. The average molecular weight is 417 g/mol. The zero-order valence-corrected chi connectivity index (χ0v) is 17.7. The quantitative estimate of drug-likeness (QED) is 0.487. The Morgan fingerprint density at radius 3 is 2.70 bits per heavy atom. The van der Waals surface area contributed by atoms with E-state index in [0.29, 0.717) is 22.1 Å². The van der Waals surface area contributed by atoms with Crippen LogP contribution >= 0.6 is 11.3 Å². The van der Waals surface area contributed by atoms with E-state index in [0.717, 1.165) is 28.2 Å². The van der Waals surface area contributed by atoms with Crippen LogP contribution in [0.2, 0.25) is 0 Å². The Hall–Kier alpha value is -3.58. The maximum Gasteiger partial charge on any atom is 0.259 e. The third-order valence-corrected chi connectivity index (χ3v) is 5.49. The van der Waals surface area contributed by atoms with E-state index in [1.807, 2.05) is 55.6 Å². The van der Waals surface area contributed by atoms with Gasteiger partial charge in [-0.3, -0.25) is 20.1 Å². The number of nitrogens with zero attached hydrogens (tertiary/aromatic N) is 3. The van der Waals surface area contributed by atoms with Crippen molar-refractivity contribution in [1.29, 1.82) is 0 Å². The lowest BCUT2D eigenvalue weighted by atomic mass is 10.1. The Bertz CT molecular complexity index is 1220. The second kappa shape index (κ2) is 8.42. The van der Waals surface area contributed by atoms with Crippen LogP contribution in [-0.2, 0) is 0 Å². The molecule has 0 atom stereocenters. The molecular weight excluding hydrogens is 396 g/mol. The van der Waals surface area contributed by atoms with Crippen molar-refractivity contribution in [3.05, 3.63) is 76.9 Å². The molecule has 30 heavy (non-hydrogen) atoms. The molecule has 3 heterocycles. The highest BCUT2D eigenvalue weighted by atomic mass is 32.1. The van der Waals surface area contributed by atoms with E-state index < -0.39 is 0 Å². The molecule has 4 aromatic rings. The van der Waals surface area contributed by atoms with Crippen LogP contribution in [0, 0.1) is 13.8 Å². The van der Waals surface area contributed by atoms with Gasteiger partial charge >= 0.3 is 0 Å². The van der Waals surface area contributed by atoms with Gasteiger partial charge in [0.2, 0.25) is 0 Å². The predicted molar refractivity (Wildman–Crippen MR) is 119 cm³/mol. The summed E-state index contributed by atoms with van der Waals surface area (Å²) in [6.45, 7) is 3.99. The number of aromatic nitrogens is 3. The average Bonchev–Trinajstić information content (AvgIpc) is 3.24. The van der Waals surface area contributed by atoms with E-state index in [9.17, 15) is 4.79 Å². The fourth-order valence-electron chi connectivity index (χ4n) is 2.98. The second-order valence-electron chi connectivity index (χ2n) is 6.72. The van der Waals surface area contributed by atoms with Gasteiger partial charge < -0.3 is 4.74 Å². The van der Waals surface area contributed by atoms with Crippen molar-refractivity contribution >= 4 is 22.4 Å². The van der Waals surface area contributed by atoms with Crippen molar-refractivity contribution in [3.63, 3.8) is 0 Å². The van der Waals surface area contributed by atoms with Gasteiger partial charge in [0.05, 0.1) is 24.1 Å². The topological polar surface area (TPSA) is 77.0 Å². The van der Waals surface area contributed by atoms with E-state index >= 15 is 0 Å². The summed E-state index contributed by atoms with van der Waals surface area (Å²) in [5.41, 5.74) is 5.46. The van der Waals surface area contributed by atoms with Crippen molar-refractivity contribution in [3.8, 4) is 28.4 Å². The summed E-state index contributed by atoms with van der Waals surface area (Å²) in [4.78, 5) is 26.5. The van der Waals surface area contributed by atoms with Gasteiger partial charge in [-0.25, -0.2) is 4.98 Å². The Labute approximate surface area is 178 Å². The van der Waals surface area contributed by atoms with Gasteiger partial charge in [0.15, 0.2) is 5.13 Å². The molecular formula is C23H20N4O2S. The number of carbonyl (C=O) groups is 1. The molecule has 4 rings (SSSR count). The van der Waals surface area contributed by atoms with Crippen LogP contribution < -0.4 is 10.1 Å². The number of aryl methyl sites for hydroxylation is 2. The summed E-state index contributed by atoms with van der Waals surface area (Å²) < 4.78 is 5.29. The summed E-state index contributed by atoms with van der Waals surface area (Å²) in [5.74, 6) is 0.435. The molecule has 0 saturated carbocycles. The van der Waals surface area contributed by atoms with E-state index in [4.69, 9.17) is 4.74 Å². The second-order valence-corrected chi connectivity index (χ2v) is 7.58. The van der Waals surface area contributed by atoms with E-state index in [2.05, 4.69) is 20.3 Å². The normalized spacial score (nSPS) is 10.6. The van der Waals surface area contributed by atoms with Crippen LogP contribution in [0.5, 0.6) is 5.75 Å². The van der Waals surface area contributed by atoms with Gasteiger partial charge in [-0.05, 0) is 49.7 Å². The van der Waals surface area contributed by atoms with Gasteiger partial charge in [-0.2, -0.15) is 0 Å². The lowest BCUT2D eigenvalue weighted by Gasteiger charge is -2.09. The molecule has 150 valence electrons. The fraction of sp³-hybridized carbons (Fsp3) is 0.130. The number of rotatable bonds is 5. The molecule has 0 bridgehead atoms. The number of thiazole rings is 1. The number of methoxy groups -OCH3 is 1. The van der Waals surface area contributed by atoms with Crippen LogP contribution in [0.1, 0.15) is 21.6 Å². The van der Waals surface area contributed by atoms with Crippen LogP contribution in [0.4, 0.5) is 5.13 Å². The Morgan fingerprint density at radius 2 is 1.90 bits per heavy atom. The summed E-state index contributed by atoms with van der Waals surface area (Å²) >= 11 is 1.36. The van der Waals surface area contributed by atoms with Gasteiger partial charge in [0.25, 0.3) is 5.91 Å². The maximum atomic E-state index is 13.0. The lowest BCUT2D eigenvalue weighted by molar-refractivity contribution is 0.102. The van der Waals surface area contributed by atoms with E-state index in [1.54, 1.807) is 25.4 Å². The fourth-order valence-corrected chi connectivity index (χ4v) is 3.67. The minimum Gasteiger partial charge on any atom is -0.497 e. The number of pyridine rings is 2. The summed E-state index contributed by atoms with van der Waals surface area (Å²) in [6, 6.07) is 14.9. The first-order valence-corrected chi connectivity index (χ1v) is 10.2. The minimum atomic E-state index is -0.269. The molecule has 1 N–H and O–H groups in total. The maximum absolute atomic E-state index is 13.0. The largest absolute Gasteiger partial charge is 0.497 e. The first kappa shape index (κ1) is 19.7. The van der Waals surface area contributed by atoms with Crippen molar-refractivity contribution in [2.45, 2.75) is 13.8 Å². The highest BCUT2D eigenvalue weighted by Crippen LogP contribution is 2.28. The molecule has 0 fully saturated rings. The van der Waals surface area contributed by atoms with Gasteiger partial charge in [-0.15, -0.1) is 11.3 Å². The minimum absolute atomic E-state index is 0.269. The lowest BCUT2D eigenvalue weighted by Crippen LogP contribution is -2.13. The molecule has 1 amide bonds. The number of anilines is 1. The first-order chi connectivity index (χ1) is 14.5. The Morgan fingerprint density at radius 1 is 1.03 bits per heavy atom. The van der Waals surface area contributed by atoms with Crippen molar-refractivity contribution in [1.82, 2.24) is 15.0 Å². The van der Waals surface area contributed by atoms with Gasteiger partial charge in [0.1, 0.15) is 11.4 Å². The number of nitrogens with one attached hydrogen (secondary N) is 1. The molecule has 7 heteroatoms. The monoisotopic (exact) mass is 416 g/mol. The standard InChI is InChI=1S/C23H20N4O2S/c1-14-9-10-19(25-15(14)2)20-13-30-23(26-20)27-22(28)18-8-5-11-24-21(18)16-6-4-7-17(12-16)29-3/h4-13H,1-3H3,(H,26,27,28). The molecule has 0 aliphatic heterocycles. The zero-order chi connectivity index (χ0) is 21.1. The highest BCUT2D eigenvalue weighted by Gasteiger charge is 2.16. The number of carbonyl (C=O) groups excluding carboxylic acids is 1. The van der Waals surface area contributed by atoms with E-state index in [-0.39, 0.29) is 5.91 Å². The molecule has 0 unspecified atom stereocenters. The molecule has 0 aliphatic carbocycles. The third-order valence-electron chi connectivity index (χ3n) is 4.73. The van der Waals surface area contributed by atoms with Crippen molar-refractivity contribution in [2.24, 2.45) is 0 Å². The first-order valence-electron chi connectivity index (χ1n) is 9.36. The van der Waals surface area contributed by atoms with Gasteiger partial charge in [0, 0.05) is 22.8 Å². The summed E-state index contributed by atoms with van der Waals surface area (Å²) in [7, 11) is 1.61. The summed E-state index contributed by atoms with van der Waals surface area (Å²) in [6.07, 6.45) is 1.67. The SMILES string of the molecule is COc1cccc(-c2ncccc2C(=O)Nc2nc(-c3ccc(C)c(C)n3)cs2)c1. The van der Waals surface area contributed by atoms with Crippen LogP contribution in [0.3, 0.4) is 0 Å². The Kier molecular flexibility index (Phi) is 5.54. The molecule has 3 aromatic heterocycles. The molecule has 6 nitrogen and oxygen atoms in total.